The molecule has 198 valence electrons. The summed E-state index contributed by atoms with van der Waals surface area (Å²) in [5, 5.41) is 5.84. The molecule has 0 bridgehead atoms. The van der Waals surface area contributed by atoms with E-state index in [1.165, 1.54) is 6.92 Å². The van der Waals surface area contributed by atoms with Crippen molar-refractivity contribution in [3.8, 4) is 0 Å². The summed E-state index contributed by atoms with van der Waals surface area (Å²) in [5.74, 6) is -2.80. The zero-order valence-corrected chi connectivity index (χ0v) is 23.7. The topological polar surface area (TPSA) is 165 Å². The summed E-state index contributed by atoms with van der Waals surface area (Å²) in [7, 11) is 0. The number of esters is 4. The van der Waals surface area contributed by atoms with Crippen LogP contribution in [-0.2, 0) is 42.9 Å². The van der Waals surface area contributed by atoms with E-state index in [9.17, 15) is 19.2 Å². The summed E-state index contributed by atoms with van der Waals surface area (Å²) in [6, 6.07) is 3.36. The van der Waals surface area contributed by atoms with Crippen LogP contribution in [0.15, 0.2) is 21.1 Å². The number of thiocarbonyl (C=S) groups is 1. The molecule has 36 heavy (non-hydrogen) atoms. The second-order valence-electron chi connectivity index (χ2n) is 7.57. The molecule has 1 aromatic carbocycles. The molecule has 1 aliphatic rings. The number of anilines is 2. The maximum atomic E-state index is 11.9. The maximum absolute atomic E-state index is 11.9. The number of halogens is 2. The normalized spacial score (nSPS) is 23.1. The van der Waals surface area contributed by atoms with E-state index in [1.807, 2.05) is 0 Å². The van der Waals surface area contributed by atoms with Crippen LogP contribution in [0.2, 0.25) is 0 Å². The van der Waals surface area contributed by atoms with Gasteiger partial charge in [0, 0.05) is 42.3 Å². The second kappa shape index (κ2) is 13.2. The van der Waals surface area contributed by atoms with Gasteiger partial charge in [-0.25, -0.2) is 0 Å². The van der Waals surface area contributed by atoms with Gasteiger partial charge in [0.1, 0.15) is 12.7 Å². The fraction of sp³-hybridized carbons (Fsp3) is 0.476. The molecule has 1 aliphatic heterocycles. The molecule has 15 heteroatoms. The van der Waals surface area contributed by atoms with Crippen LogP contribution in [0, 0.1) is 0 Å². The monoisotopic (exact) mass is 653 g/mol. The summed E-state index contributed by atoms with van der Waals surface area (Å²) in [6.07, 6.45) is -6.18. The molecule has 1 heterocycles. The smallest absolute Gasteiger partial charge is 0.303 e. The molecule has 1 fully saturated rings. The molecule has 0 amide bonds. The Morgan fingerprint density at radius 3 is 1.92 bits per heavy atom. The molecule has 0 spiro atoms. The quantitative estimate of drug-likeness (QED) is 0.170. The number of ether oxygens (including phenoxy) is 5. The number of hydrogen-bond acceptors (Lipinski definition) is 11. The van der Waals surface area contributed by atoms with Crippen LogP contribution in [0.3, 0.4) is 0 Å². The van der Waals surface area contributed by atoms with Gasteiger partial charge in [-0.1, -0.05) is 0 Å². The first-order valence-corrected chi connectivity index (χ1v) is 12.4. The summed E-state index contributed by atoms with van der Waals surface area (Å²) in [6.45, 7) is 4.26. The molecule has 0 aromatic heterocycles. The van der Waals surface area contributed by atoms with Crippen molar-refractivity contribution in [3.63, 3.8) is 0 Å². The fourth-order valence-electron chi connectivity index (χ4n) is 3.30. The first kappa shape index (κ1) is 29.7. The summed E-state index contributed by atoms with van der Waals surface area (Å²) in [5.41, 5.74) is 6.94. The number of carbonyl (C=O) groups excluding carboxylic acids is 4. The van der Waals surface area contributed by atoms with Crippen LogP contribution < -0.4 is 16.4 Å². The summed E-state index contributed by atoms with van der Waals surface area (Å²) < 4.78 is 28.3. The lowest BCUT2D eigenvalue weighted by Crippen LogP contribution is -2.66. The van der Waals surface area contributed by atoms with Gasteiger partial charge in [-0.15, -0.1) is 0 Å². The van der Waals surface area contributed by atoms with E-state index in [0.717, 1.165) is 20.8 Å². The van der Waals surface area contributed by atoms with E-state index < -0.39 is 54.5 Å². The summed E-state index contributed by atoms with van der Waals surface area (Å²) >= 11 is 12.1. The van der Waals surface area contributed by atoms with Gasteiger partial charge < -0.3 is 40.1 Å². The van der Waals surface area contributed by atoms with Crippen LogP contribution in [0.25, 0.3) is 0 Å². The minimum atomic E-state index is -1.32. The van der Waals surface area contributed by atoms with Gasteiger partial charge in [0.05, 0.1) is 5.69 Å². The van der Waals surface area contributed by atoms with Crippen molar-refractivity contribution < 1.29 is 42.9 Å². The van der Waals surface area contributed by atoms with E-state index >= 15 is 0 Å². The highest BCUT2D eigenvalue weighted by Gasteiger charge is 2.52. The average Bonchev–Trinajstić information content (AvgIpc) is 2.73. The Hall–Kier alpha value is -2.49. The molecule has 2 rings (SSSR count). The largest absolute Gasteiger partial charge is 0.463 e. The van der Waals surface area contributed by atoms with E-state index in [0.29, 0.717) is 20.3 Å². The molecule has 0 radical (unpaired) electrons. The van der Waals surface area contributed by atoms with Crippen LogP contribution in [-0.4, -0.2) is 66.2 Å². The van der Waals surface area contributed by atoms with E-state index in [2.05, 4.69) is 42.5 Å². The van der Waals surface area contributed by atoms with E-state index in [-0.39, 0.29) is 11.7 Å². The van der Waals surface area contributed by atoms with Crippen molar-refractivity contribution in [1.82, 2.24) is 5.32 Å². The highest BCUT2D eigenvalue weighted by Crippen LogP contribution is 2.32. The number of nitrogen functional groups attached to an aromatic ring is 1. The number of nitrogens with two attached hydrogens (primary N) is 1. The Labute approximate surface area is 229 Å². The molecular weight excluding hydrogens is 630 g/mol. The second-order valence-corrected chi connectivity index (χ2v) is 9.69. The van der Waals surface area contributed by atoms with Gasteiger partial charge in [-0.2, -0.15) is 0 Å². The Balaban J connectivity index is 2.38. The highest BCUT2D eigenvalue weighted by molar-refractivity contribution is 9.11. The van der Waals surface area contributed by atoms with Crippen molar-refractivity contribution >= 4 is 84.4 Å². The zero-order valence-electron chi connectivity index (χ0n) is 19.7. The molecule has 0 aliphatic carbocycles. The van der Waals surface area contributed by atoms with E-state index in [1.54, 1.807) is 12.1 Å². The fourth-order valence-corrected chi connectivity index (χ4v) is 4.72. The number of hydrogen-bond donors (Lipinski definition) is 3. The first-order valence-electron chi connectivity index (χ1n) is 10.4. The third kappa shape index (κ3) is 8.57. The predicted octanol–water partition coefficient (Wildman–Crippen LogP) is 2.16. The lowest BCUT2D eigenvalue weighted by molar-refractivity contribution is -0.254. The molecular formula is C21H25Br2N3O9S. The van der Waals surface area contributed by atoms with Gasteiger partial charge >= 0.3 is 23.9 Å². The Kier molecular flexibility index (Phi) is 10.9. The van der Waals surface area contributed by atoms with Crippen LogP contribution in [0.1, 0.15) is 27.7 Å². The van der Waals surface area contributed by atoms with Crippen LogP contribution in [0.4, 0.5) is 11.4 Å². The van der Waals surface area contributed by atoms with Crippen molar-refractivity contribution in [1.29, 1.82) is 0 Å². The minimum absolute atomic E-state index is 0.0412. The first-order chi connectivity index (χ1) is 16.8. The molecule has 12 nitrogen and oxygen atoms in total. The zero-order chi connectivity index (χ0) is 27.2. The van der Waals surface area contributed by atoms with E-state index in [4.69, 9.17) is 41.6 Å². The molecule has 0 unspecified atom stereocenters. The minimum Gasteiger partial charge on any atom is -0.463 e. The highest BCUT2D eigenvalue weighted by atomic mass is 79.9. The number of carbonyl (C=O) groups is 4. The molecule has 1 aromatic rings. The predicted molar refractivity (Wildman–Crippen MR) is 138 cm³/mol. The van der Waals surface area contributed by atoms with Gasteiger partial charge in [-0.3, -0.25) is 19.2 Å². The van der Waals surface area contributed by atoms with Crippen molar-refractivity contribution in [2.45, 2.75) is 58.3 Å². The Morgan fingerprint density at radius 1 is 0.917 bits per heavy atom. The Morgan fingerprint density at radius 2 is 1.42 bits per heavy atom. The summed E-state index contributed by atoms with van der Waals surface area (Å²) in [4.78, 5) is 47.0. The molecule has 4 N–H and O–H groups in total. The molecule has 5 atom stereocenters. The van der Waals surface area contributed by atoms with Gasteiger partial charge in [0.25, 0.3) is 0 Å². The third-order valence-corrected chi connectivity index (χ3v) is 6.13. The SMILES string of the molecule is CC(=O)OC[C@H]1O[C@@H](NC(=S)Nc2cc(Br)c(N)c(Br)c2)[C@@H](OC(C)=O)[C@@H](OC(C)=O)[C@@H]1OC(C)=O. The number of nitrogens with one attached hydrogen (secondary N) is 2. The van der Waals surface area contributed by atoms with Gasteiger partial charge in [-0.05, 0) is 56.2 Å². The standard InChI is InChI=1S/C21H25Br2N3O9S/c1-8(27)31-7-15-17(32-9(2)28)18(33-10(3)29)19(34-11(4)30)20(35-15)26-21(36)25-12-5-13(22)16(24)14(23)6-12/h5-6,15,17-20H,7,24H2,1-4H3,(H2,25,26,36)/t15-,17-,18+,19+,20-/m1/s1. The Bertz CT molecular complexity index is 1020. The van der Waals surface area contributed by atoms with Crippen LogP contribution in [0.5, 0.6) is 0 Å². The molecule has 1 saturated heterocycles. The van der Waals surface area contributed by atoms with Gasteiger partial charge in [0.2, 0.25) is 0 Å². The maximum Gasteiger partial charge on any atom is 0.303 e. The lowest BCUT2D eigenvalue weighted by Gasteiger charge is -2.44. The van der Waals surface area contributed by atoms with Crippen molar-refractivity contribution in [3.05, 3.63) is 21.1 Å². The number of benzene rings is 1. The van der Waals surface area contributed by atoms with Crippen LogP contribution >= 0.6 is 44.1 Å². The third-order valence-electron chi connectivity index (χ3n) is 4.60. The average molecular weight is 655 g/mol. The van der Waals surface area contributed by atoms with Crippen molar-refractivity contribution in [2.75, 3.05) is 17.7 Å². The molecule has 0 saturated carbocycles. The number of rotatable bonds is 7. The van der Waals surface area contributed by atoms with Crippen molar-refractivity contribution in [2.24, 2.45) is 0 Å². The lowest BCUT2D eigenvalue weighted by atomic mass is 9.97. The van der Waals surface area contributed by atoms with Gasteiger partial charge in [0.15, 0.2) is 29.7 Å².